The molecule has 3 aromatic carbocycles. The number of para-hydroxylation sites is 4. The van der Waals surface area contributed by atoms with Gasteiger partial charge in [0.05, 0.1) is 22.7 Å². The lowest BCUT2D eigenvalue weighted by Gasteiger charge is -2.09. The van der Waals surface area contributed by atoms with E-state index in [9.17, 15) is 0 Å². The van der Waals surface area contributed by atoms with Gasteiger partial charge in [-0.3, -0.25) is 9.98 Å². The third-order valence-corrected chi connectivity index (χ3v) is 5.35. The molecule has 0 atom stereocenters. The molecule has 0 aliphatic carbocycles. The first-order valence-electron chi connectivity index (χ1n) is 12.1. The highest BCUT2D eigenvalue weighted by Gasteiger charge is 2.02. The molecule has 174 valence electrons. The van der Waals surface area contributed by atoms with Crippen LogP contribution >= 0.6 is 0 Å². The third-order valence-electron chi connectivity index (χ3n) is 5.35. The summed E-state index contributed by atoms with van der Waals surface area (Å²) in [6, 6.07) is 22.2. The van der Waals surface area contributed by atoms with E-state index in [1.54, 1.807) is 0 Å². The van der Waals surface area contributed by atoms with E-state index < -0.39 is 0 Å². The van der Waals surface area contributed by atoms with E-state index in [2.05, 4.69) is 42.5 Å². The van der Waals surface area contributed by atoms with E-state index >= 15 is 0 Å². The largest absolute Gasteiger partial charge is 0.383 e. The van der Waals surface area contributed by atoms with Crippen molar-refractivity contribution < 1.29 is 0 Å². The molecule has 0 unspecified atom stereocenters. The molecule has 0 spiro atoms. The van der Waals surface area contributed by atoms with Crippen LogP contribution in [0.1, 0.15) is 56.2 Å². The Labute approximate surface area is 204 Å². The maximum atomic E-state index is 5.73. The van der Waals surface area contributed by atoms with E-state index in [4.69, 9.17) is 16.4 Å². The van der Waals surface area contributed by atoms with Crippen molar-refractivity contribution >= 4 is 35.2 Å². The molecule has 2 N–H and O–H groups in total. The molecule has 0 amide bonds. The maximum Gasteiger partial charge on any atom is 0.0861 e. The Morgan fingerprint density at radius 3 is 1.65 bits per heavy atom. The first-order chi connectivity index (χ1) is 16.7. The molecule has 0 aliphatic rings. The van der Waals surface area contributed by atoms with Gasteiger partial charge >= 0.3 is 0 Å². The Hall–Kier alpha value is -3.84. The lowest BCUT2D eigenvalue weighted by Crippen LogP contribution is -2.00. The predicted molar refractivity (Wildman–Crippen MR) is 149 cm³/mol. The predicted octanol–water partition coefficient (Wildman–Crippen LogP) is 7.59. The van der Waals surface area contributed by atoms with Gasteiger partial charge < -0.3 is 10.6 Å². The van der Waals surface area contributed by atoms with Crippen LogP contribution in [0.3, 0.4) is 0 Å². The van der Waals surface area contributed by atoms with E-state index in [1.165, 1.54) is 0 Å². The molecule has 3 rings (SSSR count). The van der Waals surface area contributed by atoms with Crippen LogP contribution in [0.2, 0.25) is 0 Å². The van der Waals surface area contributed by atoms with Crippen LogP contribution in [0.4, 0.5) is 22.7 Å². The standard InChI is InChI=1S/C30H34N4/c1-4-7-17-31-27-13-9-11-15-29(27)33-22-25-19-24(6-3)20-26(21-25)23-34-30-16-12-10-14-28(30)32-18-8-5-2/h3,9-16,19-23,31-32H,4-5,7-8,17-18H2,1-2H3. The number of terminal acetylenes is 1. The fraction of sp³-hybridized carbons (Fsp3) is 0.267. The normalized spacial score (nSPS) is 11.1. The minimum atomic E-state index is 0.800. The molecule has 3 aromatic rings. The van der Waals surface area contributed by atoms with Crippen LogP contribution in [0.15, 0.2) is 76.7 Å². The molecule has 0 saturated carbocycles. The van der Waals surface area contributed by atoms with Gasteiger partial charge in [-0.05, 0) is 66.4 Å². The Morgan fingerprint density at radius 2 is 1.21 bits per heavy atom. The molecule has 0 radical (unpaired) electrons. The van der Waals surface area contributed by atoms with Crippen LogP contribution in [0, 0.1) is 12.3 Å². The number of anilines is 2. The Kier molecular flexibility index (Phi) is 9.95. The van der Waals surface area contributed by atoms with Crippen molar-refractivity contribution in [2.45, 2.75) is 39.5 Å². The molecule has 0 aliphatic heterocycles. The summed E-state index contributed by atoms with van der Waals surface area (Å²) in [6.45, 7) is 6.25. The zero-order valence-electron chi connectivity index (χ0n) is 20.2. The topological polar surface area (TPSA) is 48.8 Å². The number of hydrogen-bond donors (Lipinski definition) is 2. The van der Waals surface area contributed by atoms with Crippen molar-refractivity contribution in [1.82, 2.24) is 0 Å². The summed E-state index contributed by atoms with van der Waals surface area (Å²) in [4.78, 5) is 9.47. The van der Waals surface area contributed by atoms with Crippen molar-refractivity contribution in [3.63, 3.8) is 0 Å². The Bertz CT molecular complexity index is 1070. The van der Waals surface area contributed by atoms with Crippen LogP contribution in [-0.2, 0) is 0 Å². The molecular formula is C30H34N4. The van der Waals surface area contributed by atoms with Crippen molar-refractivity contribution in [3.05, 3.63) is 83.4 Å². The zero-order chi connectivity index (χ0) is 24.0. The number of rotatable bonds is 12. The fourth-order valence-corrected chi connectivity index (χ4v) is 3.47. The molecule has 0 heterocycles. The molecule has 0 aromatic heterocycles. The monoisotopic (exact) mass is 450 g/mol. The number of hydrogen-bond acceptors (Lipinski definition) is 4. The van der Waals surface area contributed by atoms with Gasteiger partial charge in [-0.1, -0.05) is 56.9 Å². The van der Waals surface area contributed by atoms with Crippen LogP contribution in [0.25, 0.3) is 0 Å². The molecule has 0 saturated heterocycles. The van der Waals surface area contributed by atoms with Crippen LogP contribution in [0.5, 0.6) is 0 Å². The molecule has 34 heavy (non-hydrogen) atoms. The summed E-state index contributed by atoms with van der Waals surface area (Å²) in [5.74, 6) is 2.75. The highest BCUT2D eigenvalue weighted by molar-refractivity contribution is 5.90. The highest BCUT2D eigenvalue weighted by Crippen LogP contribution is 2.25. The summed E-state index contributed by atoms with van der Waals surface area (Å²) < 4.78 is 0. The lowest BCUT2D eigenvalue weighted by molar-refractivity contribution is 0.834. The number of nitrogens with zero attached hydrogens (tertiary/aromatic N) is 2. The van der Waals surface area contributed by atoms with Crippen molar-refractivity contribution in [3.8, 4) is 12.3 Å². The lowest BCUT2D eigenvalue weighted by atomic mass is 10.1. The van der Waals surface area contributed by atoms with Gasteiger partial charge in [0.15, 0.2) is 0 Å². The summed E-state index contributed by atoms with van der Waals surface area (Å²) in [5, 5.41) is 6.95. The van der Waals surface area contributed by atoms with Gasteiger partial charge in [0, 0.05) is 31.1 Å². The van der Waals surface area contributed by atoms with Gasteiger partial charge in [0.25, 0.3) is 0 Å². The molecular weight excluding hydrogens is 416 g/mol. The number of unbranched alkanes of at least 4 members (excludes halogenated alkanes) is 2. The summed E-state index contributed by atoms with van der Waals surface area (Å²) >= 11 is 0. The average molecular weight is 451 g/mol. The quantitative estimate of drug-likeness (QED) is 0.170. The van der Waals surface area contributed by atoms with E-state index in [1.807, 2.05) is 67.0 Å². The molecule has 0 bridgehead atoms. The number of aliphatic imine (C=N–C) groups is 2. The third kappa shape index (κ3) is 7.64. The SMILES string of the molecule is C#Cc1cc(C=Nc2ccccc2NCCCC)cc(C=Nc2ccccc2NCCCC)c1. The van der Waals surface area contributed by atoms with Gasteiger partial charge in [0.1, 0.15) is 0 Å². The number of nitrogens with one attached hydrogen (secondary N) is 2. The van der Waals surface area contributed by atoms with Crippen molar-refractivity contribution in [1.29, 1.82) is 0 Å². The zero-order valence-corrected chi connectivity index (χ0v) is 20.2. The van der Waals surface area contributed by atoms with Gasteiger partial charge in [-0.25, -0.2) is 0 Å². The van der Waals surface area contributed by atoms with E-state index in [0.717, 1.165) is 78.2 Å². The van der Waals surface area contributed by atoms with Crippen molar-refractivity contribution in [2.24, 2.45) is 9.98 Å². The van der Waals surface area contributed by atoms with E-state index in [0.29, 0.717) is 0 Å². The first-order valence-corrected chi connectivity index (χ1v) is 12.1. The van der Waals surface area contributed by atoms with Gasteiger partial charge in [-0.2, -0.15) is 0 Å². The molecule has 4 nitrogen and oxygen atoms in total. The second-order valence-electron chi connectivity index (χ2n) is 8.14. The summed E-state index contributed by atoms with van der Waals surface area (Å²) in [5.41, 5.74) is 6.57. The van der Waals surface area contributed by atoms with Gasteiger partial charge in [-0.15, -0.1) is 6.42 Å². The number of benzene rings is 3. The smallest absolute Gasteiger partial charge is 0.0861 e. The van der Waals surface area contributed by atoms with Crippen LogP contribution in [-0.4, -0.2) is 25.5 Å². The Balaban J connectivity index is 1.81. The first kappa shape index (κ1) is 24.8. The molecule has 0 fully saturated rings. The van der Waals surface area contributed by atoms with E-state index in [-0.39, 0.29) is 0 Å². The second kappa shape index (κ2) is 13.6. The minimum Gasteiger partial charge on any atom is -0.383 e. The fourth-order valence-electron chi connectivity index (χ4n) is 3.47. The minimum absolute atomic E-state index is 0.800. The van der Waals surface area contributed by atoms with Crippen molar-refractivity contribution in [2.75, 3.05) is 23.7 Å². The van der Waals surface area contributed by atoms with Gasteiger partial charge in [0.2, 0.25) is 0 Å². The summed E-state index contributed by atoms with van der Waals surface area (Å²) in [6.07, 6.45) is 14.0. The molecule has 4 heteroatoms. The maximum absolute atomic E-state index is 5.73. The van der Waals surface area contributed by atoms with Crippen LogP contribution < -0.4 is 10.6 Å². The average Bonchev–Trinajstić information content (AvgIpc) is 2.87. The summed E-state index contributed by atoms with van der Waals surface area (Å²) in [7, 11) is 0. The Morgan fingerprint density at radius 1 is 0.735 bits per heavy atom. The second-order valence-corrected chi connectivity index (χ2v) is 8.14. The highest BCUT2D eigenvalue weighted by atomic mass is 14.9.